The van der Waals surface area contributed by atoms with E-state index in [1.54, 1.807) is 6.92 Å². The molecule has 2 rings (SSSR count). The van der Waals surface area contributed by atoms with Gasteiger partial charge in [-0.05, 0) is 18.9 Å². The molecule has 0 radical (unpaired) electrons. The smallest absolute Gasteiger partial charge is 0.348 e. The number of ether oxygens (including phenoxy) is 3. The van der Waals surface area contributed by atoms with Crippen molar-refractivity contribution in [1.82, 2.24) is 9.55 Å². The Hall–Kier alpha value is -2.26. The fourth-order valence-electron chi connectivity index (χ4n) is 2.15. The Morgan fingerprint density at radius 2 is 2.00 bits per heavy atom. The van der Waals surface area contributed by atoms with E-state index < -0.39 is 11.9 Å². The molecule has 0 amide bonds. The average Bonchev–Trinajstić information content (AvgIpc) is 2.93. The normalized spacial score (nSPS) is 10.8. The van der Waals surface area contributed by atoms with Crippen LogP contribution in [0.2, 0.25) is 0 Å². The van der Waals surface area contributed by atoms with E-state index in [-0.39, 0.29) is 18.7 Å². The number of carbonyl (C=O) groups excluding carboxylic acids is 2. The van der Waals surface area contributed by atoms with Crippen LogP contribution in [0.15, 0.2) is 11.1 Å². The molecule has 0 spiro atoms. The largest absolute Gasteiger partial charge is 0.464 e. The van der Waals surface area contributed by atoms with Gasteiger partial charge in [0.25, 0.3) is 5.56 Å². The predicted molar refractivity (Wildman–Crippen MR) is 92.0 cm³/mol. The molecule has 0 aliphatic rings. The van der Waals surface area contributed by atoms with Gasteiger partial charge in [0.2, 0.25) is 0 Å². The van der Waals surface area contributed by atoms with E-state index in [2.05, 4.69) is 4.98 Å². The van der Waals surface area contributed by atoms with Gasteiger partial charge in [-0.1, -0.05) is 6.92 Å². The first-order chi connectivity index (χ1) is 12.0. The Morgan fingerprint density at radius 1 is 1.24 bits per heavy atom. The Balaban J connectivity index is 2.28. The van der Waals surface area contributed by atoms with Gasteiger partial charge in [-0.25, -0.2) is 9.78 Å². The SMILES string of the molecule is CCCOC(=O)Cn1cnc2sc(C(=O)OCCOC)c(C)c2c1=O. The number of hydrogen-bond donors (Lipinski definition) is 0. The number of rotatable bonds is 8. The third kappa shape index (κ3) is 4.43. The molecule has 25 heavy (non-hydrogen) atoms. The van der Waals surface area contributed by atoms with Crippen molar-refractivity contribution in [3.05, 3.63) is 27.1 Å². The van der Waals surface area contributed by atoms with E-state index in [4.69, 9.17) is 14.2 Å². The number of nitrogens with zero attached hydrogens (tertiary/aromatic N) is 2. The molecule has 2 aromatic heterocycles. The number of carbonyl (C=O) groups is 2. The summed E-state index contributed by atoms with van der Waals surface area (Å²) in [5.74, 6) is -1.02. The zero-order valence-electron chi connectivity index (χ0n) is 14.4. The molecule has 8 nitrogen and oxygen atoms in total. The van der Waals surface area contributed by atoms with Crippen LogP contribution >= 0.6 is 11.3 Å². The summed E-state index contributed by atoms with van der Waals surface area (Å²) in [6.45, 7) is 4.05. The number of fused-ring (bicyclic) bond motifs is 1. The molecule has 0 bridgehead atoms. The van der Waals surface area contributed by atoms with E-state index in [9.17, 15) is 14.4 Å². The standard InChI is InChI=1S/C16H20N2O6S/c1-4-5-23-11(19)8-18-9-17-14-12(15(18)20)10(2)13(25-14)16(21)24-7-6-22-3/h9H,4-8H2,1-3H3. The van der Waals surface area contributed by atoms with Crippen molar-refractivity contribution in [3.8, 4) is 0 Å². The second kappa shape index (κ2) is 8.72. The fourth-order valence-corrected chi connectivity index (χ4v) is 3.18. The van der Waals surface area contributed by atoms with Crippen molar-refractivity contribution in [2.75, 3.05) is 26.9 Å². The number of aryl methyl sites for hydroxylation is 1. The highest BCUT2D eigenvalue weighted by Gasteiger charge is 2.21. The van der Waals surface area contributed by atoms with E-state index in [0.717, 1.165) is 11.3 Å². The second-order valence-corrected chi connectivity index (χ2v) is 6.26. The first-order valence-corrected chi connectivity index (χ1v) is 8.61. The second-order valence-electron chi connectivity index (χ2n) is 5.26. The number of aromatic nitrogens is 2. The van der Waals surface area contributed by atoms with Crippen LogP contribution in [0.25, 0.3) is 10.2 Å². The summed E-state index contributed by atoms with van der Waals surface area (Å²) in [7, 11) is 1.51. The molecule has 0 N–H and O–H groups in total. The minimum absolute atomic E-state index is 0.129. The third-order valence-corrected chi connectivity index (χ3v) is 4.57. The zero-order chi connectivity index (χ0) is 18.4. The molecule has 0 fully saturated rings. The van der Waals surface area contributed by atoms with Gasteiger partial charge in [-0.2, -0.15) is 0 Å². The summed E-state index contributed by atoms with van der Waals surface area (Å²) in [6.07, 6.45) is 1.99. The molecule has 9 heteroatoms. The highest BCUT2D eigenvalue weighted by atomic mass is 32.1. The van der Waals surface area contributed by atoms with Crippen LogP contribution in [-0.2, 0) is 25.5 Å². The van der Waals surface area contributed by atoms with Crippen molar-refractivity contribution in [2.24, 2.45) is 0 Å². The van der Waals surface area contributed by atoms with Crippen LogP contribution in [0.4, 0.5) is 0 Å². The zero-order valence-corrected chi connectivity index (χ0v) is 15.2. The van der Waals surface area contributed by atoms with Gasteiger partial charge in [-0.3, -0.25) is 14.2 Å². The lowest BCUT2D eigenvalue weighted by molar-refractivity contribution is -0.144. The first-order valence-electron chi connectivity index (χ1n) is 7.79. The quantitative estimate of drug-likeness (QED) is 0.515. The number of hydrogen-bond acceptors (Lipinski definition) is 8. The molecule has 136 valence electrons. The Bertz CT molecular complexity index is 826. The molecule has 2 heterocycles. The van der Waals surface area contributed by atoms with Crippen LogP contribution < -0.4 is 5.56 Å². The Kier molecular flexibility index (Phi) is 6.65. The monoisotopic (exact) mass is 368 g/mol. The molecule has 0 aliphatic heterocycles. The van der Waals surface area contributed by atoms with Gasteiger partial charge in [-0.15, -0.1) is 11.3 Å². The molecule has 0 aliphatic carbocycles. The van der Waals surface area contributed by atoms with Crippen molar-refractivity contribution < 1.29 is 23.8 Å². The first kappa shape index (κ1) is 19.1. The number of methoxy groups -OCH3 is 1. The maximum absolute atomic E-state index is 12.6. The topological polar surface area (TPSA) is 96.7 Å². The maximum atomic E-state index is 12.6. The van der Waals surface area contributed by atoms with Crippen LogP contribution in [0.5, 0.6) is 0 Å². The Morgan fingerprint density at radius 3 is 2.68 bits per heavy atom. The van der Waals surface area contributed by atoms with E-state index >= 15 is 0 Å². The average molecular weight is 368 g/mol. The van der Waals surface area contributed by atoms with E-state index in [1.165, 1.54) is 18.0 Å². The highest BCUT2D eigenvalue weighted by Crippen LogP contribution is 2.27. The van der Waals surface area contributed by atoms with E-state index in [1.807, 2.05) is 6.92 Å². The third-order valence-electron chi connectivity index (χ3n) is 3.39. The van der Waals surface area contributed by atoms with Crippen LogP contribution in [0, 0.1) is 6.92 Å². The van der Waals surface area contributed by atoms with Gasteiger partial charge in [0.1, 0.15) is 22.9 Å². The predicted octanol–water partition coefficient (Wildman–Crippen LogP) is 1.52. The van der Waals surface area contributed by atoms with Crippen LogP contribution in [0.1, 0.15) is 28.6 Å². The fraction of sp³-hybridized carbons (Fsp3) is 0.500. The highest BCUT2D eigenvalue weighted by molar-refractivity contribution is 7.20. The molecular formula is C16H20N2O6S. The van der Waals surface area contributed by atoms with Crippen molar-refractivity contribution in [2.45, 2.75) is 26.8 Å². The summed E-state index contributed by atoms with van der Waals surface area (Å²) in [6, 6.07) is 0. The number of thiophene rings is 1. The van der Waals surface area contributed by atoms with Gasteiger partial charge in [0.15, 0.2) is 0 Å². The van der Waals surface area contributed by atoms with Gasteiger partial charge in [0, 0.05) is 7.11 Å². The molecule has 0 saturated heterocycles. The van der Waals surface area contributed by atoms with Crippen LogP contribution in [0.3, 0.4) is 0 Å². The van der Waals surface area contributed by atoms with Gasteiger partial charge in [0.05, 0.1) is 24.9 Å². The summed E-state index contributed by atoms with van der Waals surface area (Å²) in [4.78, 5) is 41.4. The molecule has 0 saturated carbocycles. The minimum Gasteiger partial charge on any atom is -0.464 e. The van der Waals surface area contributed by atoms with Crippen molar-refractivity contribution in [3.63, 3.8) is 0 Å². The Labute approximate surface area is 148 Å². The summed E-state index contributed by atoms with van der Waals surface area (Å²) in [5.41, 5.74) is 0.110. The lowest BCUT2D eigenvalue weighted by Gasteiger charge is -2.05. The molecule has 0 unspecified atom stereocenters. The van der Waals surface area contributed by atoms with Gasteiger partial charge < -0.3 is 14.2 Å². The maximum Gasteiger partial charge on any atom is 0.348 e. The van der Waals surface area contributed by atoms with E-state index in [0.29, 0.717) is 40.3 Å². The molecular weight excluding hydrogens is 348 g/mol. The van der Waals surface area contributed by atoms with Crippen molar-refractivity contribution in [1.29, 1.82) is 0 Å². The summed E-state index contributed by atoms with van der Waals surface area (Å²) in [5, 5.41) is 0.314. The molecule has 0 aromatic carbocycles. The summed E-state index contributed by atoms with van der Waals surface area (Å²) >= 11 is 1.09. The number of esters is 2. The lowest BCUT2D eigenvalue weighted by Crippen LogP contribution is -2.25. The van der Waals surface area contributed by atoms with Gasteiger partial charge >= 0.3 is 11.9 Å². The lowest BCUT2D eigenvalue weighted by atomic mass is 10.2. The summed E-state index contributed by atoms with van der Waals surface area (Å²) < 4.78 is 16.1. The van der Waals surface area contributed by atoms with Crippen molar-refractivity contribution >= 4 is 33.5 Å². The van der Waals surface area contributed by atoms with Crippen LogP contribution in [-0.4, -0.2) is 48.4 Å². The molecule has 0 atom stereocenters. The molecule has 2 aromatic rings. The minimum atomic E-state index is -0.522.